The van der Waals surface area contributed by atoms with Crippen LogP contribution < -0.4 is 14.9 Å². The van der Waals surface area contributed by atoms with E-state index in [9.17, 15) is 15.1 Å². The maximum Gasteiger partial charge on any atom is 0.406 e. The molecule has 1 aromatic rings. The molecule has 3 N–H and O–H groups in total. The molecule has 0 atom stereocenters. The Bertz CT molecular complexity index is 448. The highest BCUT2D eigenvalue weighted by Crippen LogP contribution is 2.29. The maximum absolute atomic E-state index is 9.54. The quantitative estimate of drug-likeness (QED) is 0.462. The Kier molecular flexibility index (Phi) is 7.52. The lowest BCUT2D eigenvalue weighted by molar-refractivity contribution is 0.244. The third kappa shape index (κ3) is 5.86. The average molecular weight is 362 g/mol. The molecule has 0 saturated heterocycles. The van der Waals surface area contributed by atoms with Crippen molar-refractivity contribution in [3.63, 3.8) is 0 Å². The van der Waals surface area contributed by atoms with Crippen LogP contribution >= 0.6 is 15.9 Å². The van der Waals surface area contributed by atoms with E-state index in [4.69, 9.17) is 9.47 Å². The Morgan fingerprint density at radius 1 is 0.952 bits per heavy atom. The molecule has 0 spiro atoms. The monoisotopic (exact) mass is 361 g/mol. The predicted octanol–water partition coefficient (Wildman–Crippen LogP) is 1.93. The molecule has 7 heteroatoms. The minimum absolute atomic E-state index is 0.0687. The molecule has 1 rings (SSSR count). The fraction of sp³-hybridized carbons (Fsp3) is 0.571. The first-order chi connectivity index (χ1) is 9.90. The molecular formula is C14H23BBrO5-. The van der Waals surface area contributed by atoms with Gasteiger partial charge in [0.25, 0.3) is 0 Å². The van der Waals surface area contributed by atoms with Gasteiger partial charge in [0.15, 0.2) is 0 Å². The third-order valence-corrected chi connectivity index (χ3v) is 3.61. The average Bonchev–Trinajstić information content (AvgIpc) is 2.40. The van der Waals surface area contributed by atoms with Crippen LogP contribution in [-0.2, 0) is 0 Å². The molecule has 0 saturated carbocycles. The van der Waals surface area contributed by atoms with Crippen molar-refractivity contribution in [3.8, 4) is 11.5 Å². The summed E-state index contributed by atoms with van der Waals surface area (Å²) in [5.74, 6) is 0.690. The molecule has 0 radical (unpaired) electrons. The number of hydrogen-bond acceptors (Lipinski definition) is 5. The number of hydrogen-bond donors (Lipinski definition) is 3. The lowest BCUT2D eigenvalue weighted by Gasteiger charge is -2.26. The largest absolute Gasteiger partial charge is 0.556 e. The molecule has 0 bridgehead atoms. The van der Waals surface area contributed by atoms with E-state index in [1.165, 1.54) is 6.07 Å². The molecule has 21 heavy (non-hydrogen) atoms. The molecule has 1 aromatic carbocycles. The van der Waals surface area contributed by atoms with E-state index in [-0.39, 0.29) is 11.2 Å². The van der Waals surface area contributed by atoms with E-state index in [2.05, 4.69) is 22.9 Å². The molecule has 0 heterocycles. The minimum Gasteiger partial charge on any atom is -0.556 e. The zero-order chi connectivity index (χ0) is 15.9. The summed E-state index contributed by atoms with van der Waals surface area (Å²) in [6, 6.07) is 2.99. The molecule has 120 valence electrons. The molecular weight excluding hydrogens is 339 g/mol. The van der Waals surface area contributed by atoms with E-state index >= 15 is 0 Å². The van der Waals surface area contributed by atoms with Gasteiger partial charge in [-0.1, -0.05) is 32.2 Å². The lowest BCUT2D eigenvalue weighted by Crippen LogP contribution is -2.49. The summed E-state index contributed by atoms with van der Waals surface area (Å²) >= 11 is 3.37. The standard InChI is InChI=1S/C14H23BBrO5/c1-3-5-7-20-13-10-12(16)14(21-8-6-4-2)9-11(13)15(17,18)19/h9-10,17-19H,3-8H2,1-2H3/q-1. The van der Waals surface area contributed by atoms with E-state index in [1.54, 1.807) is 6.07 Å². The third-order valence-electron chi connectivity index (χ3n) is 2.99. The molecule has 0 aliphatic carbocycles. The van der Waals surface area contributed by atoms with Crippen LogP contribution in [0, 0.1) is 0 Å². The zero-order valence-corrected chi connectivity index (χ0v) is 14.1. The van der Waals surface area contributed by atoms with Crippen LogP contribution in [0.5, 0.6) is 11.5 Å². The predicted molar refractivity (Wildman–Crippen MR) is 87.0 cm³/mol. The Morgan fingerprint density at radius 2 is 1.48 bits per heavy atom. The zero-order valence-electron chi connectivity index (χ0n) is 12.5. The van der Waals surface area contributed by atoms with E-state index in [1.807, 2.05) is 6.92 Å². The van der Waals surface area contributed by atoms with Crippen molar-refractivity contribution in [2.45, 2.75) is 39.5 Å². The molecule has 0 fully saturated rings. The summed E-state index contributed by atoms with van der Waals surface area (Å²) in [7, 11) is 0. The second-order valence-corrected chi connectivity index (χ2v) is 5.81. The van der Waals surface area contributed by atoms with Crippen LogP contribution in [0.15, 0.2) is 16.6 Å². The summed E-state index contributed by atoms with van der Waals surface area (Å²) < 4.78 is 11.7. The number of unbranched alkanes of at least 4 members (excludes halogenated alkanes) is 2. The second kappa shape index (κ2) is 8.63. The molecule has 0 amide bonds. The molecule has 5 nitrogen and oxygen atoms in total. The highest BCUT2D eigenvalue weighted by molar-refractivity contribution is 9.10. The van der Waals surface area contributed by atoms with Gasteiger partial charge in [-0.15, -0.1) is 0 Å². The van der Waals surface area contributed by atoms with Crippen molar-refractivity contribution >= 4 is 28.1 Å². The number of ether oxygens (including phenoxy) is 2. The number of halogens is 1. The molecule has 0 aromatic heterocycles. The van der Waals surface area contributed by atoms with Gasteiger partial charge in [0, 0.05) is 0 Å². The smallest absolute Gasteiger partial charge is 0.406 e. The Hall–Kier alpha value is -0.755. The van der Waals surface area contributed by atoms with Crippen LogP contribution in [0.3, 0.4) is 0 Å². The second-order valence-electron chi connectivity index (χ2n) is 4.96. The van der Waals surface area contributed by atoms with Gasteiger partial charge in [-0.2, -0.15) is 0 Å². The highest BCUT2D eigenvalue weighted by atomic mass is 79.9. The highest BCUT2D eigenvalue weighted by Gasteiger charge is 2.24. The van der Waals surface area contributed by atoms with Crippen LogP contribution in [-0.4, -0.2) is 35.0 Å². The number of benzene rings is 1. The van der Waals surface area contributed by atoms with E-state index in [0.29, 0.717) is 23.4 Å². The first kappa shape index (κ1) is 18.3. The minimum atomic E-state index is -3.64. The Labute approximate surface area is 134 Å². The van der Waals surface area contributed by atoms with Gasteiger partial charge in [-0.3, -0.25) is 0 Å². The summed E-state index contributed by atoms with van der Waals surface area (Å²) in [5, 5.41) is 28.6. The molecule has 0 aliphatic heterocycles. The van der Waals surface area contributed by atoms with Crippen LogP contribution in [0.4, 0.5) is 0 Å². The van der Waals surface area contributed by atoms with Gasteiger partial charge in [0.2, 0.25) is 0 Å². The molecule has 0 unspecified atom stereocenters. The maximum atomic E-state index is 9.54. The van der Waals surface area contributed by atoms with Crippen molar-refractivity contribution in [1.82, 2.24) is 0 Å². The van der Waals surface area contributed by atoms with Gasteiger partial charge in [-0.05, 0) is 40.9 Å². The van der Waals surface area contributed by atoms with Gasteiger partial charge >= 0.3 is 6.75 Å². The van der Waals surface area contributed by atoms with Crippen molar-refractivity contribution < 1.29 is 24.5 Å². The Morgan fingerprint density at radius 3 is 1.95 bits per heavy atom. The fourth-order valence-corrected chi connectivity index (χ4v) is 2.18. The van der Waals surface area contributed by atoms with E-state index in [0.717, 1.165) is 25.7 Å². The summed E-state index contributed by atoms with van der Waals surface area (Å²) in [6.07, 6.45) is 3.69. The van der Waals surface area contributed by atoms with Crippen molar-refractivity contribution in [2.75, 3.05) is 13.2 Å². The van der Waals surface area contributed by atoms with Gasteiger partial charge in [-0.25, -0.2) is 0 Å². The first-order valence-corrected chi connectivity index (χ1v) is 8.10. The van der Waals surface area contributed by atoms with Gasteiger partial charge < -0.3 is 24.5 Å². The Balaban J connectivity index is 2.99. The van der Waals surface area contributed by atoms with Crippen molar-refractivity contribution in [2.24, 2.45) is 0 Å². The normalized spacial score (nSPS) is 11.5. The van der Waals surface area contributed by atoms with Gasteiger partial charge in [0.1, 0.15) is 5.75 Å². The topological polar surface area (TPSA) is 79.2 Å². The van der Waals surface area contributed by atoms with Crippen molar-refractivity contribution in [1.29, 1.82) is 0 Å². The van der Waals surface area contributed by atoms with Crippen LogP contribution in [0.1, 0.15) is 39.5 Å². The molecule has 0 aliphatic rings. The van der Waals surface area contributed by atoms with Crippen molar-refractivity contribution in [3.05, 3.63) is 16.6 Å². The summed E-state index contributed by atoms with van der Waals surface area (Å²) in [5.41, 5.74) is -0.0687. The lowest BCUT2D eigenvalue weighted by atomic mass is 9.70. The first-order valence-electron chi connectivity index (χ1n) is 7.31. The summed E-state index contributed by atoms with van der Waals surface area (Å²) in [6.45, 7) is 1.41. The fourth-order valence-electron chi connectivity index (χ4n) is 1.74. The van der Waals surface area contributed by atoms with Crippen LogP contribution in [0.25, 0.3) is 0 Å². The summed E-state index contributed by atoms with van der Waals surface area (Å²) in [4.78, 5) is 0. The SMILES string of the molecule is CCCCOc1cc([B-](O)(O)O)c(OCCCC)cc1Br. The van der Waals surface area contributed by atoms with Gasteiger partial charge in [0.05, 0.1) is 23.4 Å². The van der Waals surface area contributed by atoms with E-state index < -0.39 is 6.75 Å². The van der Waals surface area contributed by atoms with Crippen LogP contribution in [0.2, 0.25) is 0 Å². The number of rotatable bonds is 9.